The maximum atomic E-state index is 12.3. The molecule has 0 saturated carbocycles. The van der Waals surface area contributed by atoms with E-state index in [2.05, 4.69) is 22.4 Å². The predicted molar refractivity (Wildman–Crippen MR) is 108 cm³/mol. The lowest BCUT2D eigenvalue weighted by molar-refractivity contribution is -0.114. The molecule has 0 aliphatic heterocycles. The zero-order chi connectivity index (χ0) is 19.3. The van der Waals surface area contributed by atoms with Crippen LogP contribution < -0.4 is 9.62 Å². The first-order chi connectivity index (χ1) is 12.2. The van der Waals surface area contributed by atoms with E-state index in [1.807, 2.05) is 0 Å². The van der Waals surface area contributed by atoms with Crippen molar-refractivity contribution in [3.8, 4) is 0 Å². The standard InChI is InChI=1S/C14H16Cl2N4O3S3/c1-3-4-24-14-19-18-13(25-14)17-12(21)8-20(26(2,22)23)11-6-9(15)5-10(16)7-11/h5-7H,3-4,8H2,1-2H3,(H,17,18,21). The van der Waals surface area contributed by atoms with Crippen LogP contribution >= 0.6 is 46.3 Å². The van der Waals surface area contributed by atoms with E-state index in [1.165, 1.54) is 29.5 Å². The molecule has 0 fully saturated rings. The van der Waals surface area contributed by atoms with Crippen LogP contribution in [0.1, 0.15) is 13.3 Å². The van der Waals surface area contributed by atoms with Crippen LogP contribution in [0.4, 0.5) is 10.8 Å². The average Bonchev–Trinajstić information content (AvgIpc) is 2.95. The molecule has 0 unspecified atom stereocenters. The summed E-state index contributed by atoms with van der Waals surface area (Å²) in [6, 6.07) is 4.32. The Labute approximate surface area is 170 Å². The van der Waals surface area contributed by atoms with Gasteiger partial charge in [-0.1, -0.05) is 53.2 Å². The summed E-state index contributed by atoms with van der Waals surface area (Å²) in [6.45, 7) is 1.62. The molecule has 0 radical (unpaired) electrons. The number of aromatic nitrogens is 2. The molecule has 0 aliphatic carbocycles. The summed E-state index contributed by atoms with van der Waals surface area (Å²) >= 11 is 14.6. The van der Waals surface area contributed by atoms with Crippen molar-refractivity contribution in [2.75, 3.05) is 28.2 Å². The van der Waals surface area contributed by atoms with Gasteiger partial charge in [-0.2, -0.15) is 0 Å². The highest BCUT2D eigenvalue weighted by atomic mass is 35.5. The number of hydrogen-bond acceptors (Lipinski definition) is 7. The lowest BCUT2D eigenvalue weighted by atomic mass is 10.3. The van der Waals surface area contributed by atoms with E-state index in [0.717, 1.165) is 27.1 Å². The number of amides is 1. The number of carbonyl (C=O) groups is 1. The fourth-order valence-electron chi connectivity index (χ4n) is 1.88. The Morgan fingerprint density at radius 1 is 1.27 bits per heavy atom. The minimum Gasteiger partial charge on any atom is -0.299 e. The first kappa shape index (κ1) is 21.2. The van der Waals surface area contributed by atoms with Gasteiger partial charge in [-0.05, 0) is 24.6 Å². The van der Waals surface area contributed by atoms with Gasteiger partial charge in [0.2, 0.25) is 21.1 Å². The van der Waals surface area contributed by atoms with Crippen molar-refractivity contribution >= 4 is 73.0 Å². The fraction of sp³-hybridized carbons (Fsp3) is 0.357. The molecule has 0 saturated heterocycles. The molecule has 26 heavy (non-hydrogen) atoms. The summed E-state index contributed by atoms with van der Waals surface area (Å²) in [5, 5.41) is 11.3. The normalized spacial score (nSPS) is 11.4. The molecule has 1 heterocycles. The van der Waals surface area contributed by atoms with Crippen molar-refractivity contribution in [2.24, 2.45) is 0 Å². The maximum absolute atomic E-state index is 12.3. The van der Waals surface area contributed by atoms with Gasteiger partial charge in [0.05, 0.1) is 11.9 Å². The molecule has 1 aromatic carbocycles. The molecule has 2 rings (SSSR count). The monoisotopic (exact) mass is 454 g/mol. The minimum atomic E-state index is -3.73. The number of nitrogens with zero attached hydrogens (tertiary/aromatic N) is 3. The van der Waals surface area contributed by atoms with Gasteiger partial charge in [-0.15, -0.1) is 10.2 Å². The third-order valence-corrected chi connectivity index (χ3v) is 6.66. The molecule has 12 heteroatoms. The third-order valence-electron chi connectivity index (χ3n) is 2.91. The lowest BCUT2D eigenvalue weighted by Gasteiger charge is -2.22. The Balaban J connectivity index is 2.13. The summed E-state index contributed by atoms with van der Waals surface area (Å²) in [5.74, 6) is 0.356. The van der Waals surface area contributed by atoms with Crippen molar-refractivity contribution in [3.63, 3.8) is 0 Å². The van der Waals surface area contributed by atoms with Gasteiger partial charge >= 0.3 is 0 Å². The molecular formula is C14H16Cl2N4O3S3. The number of carbonyl (C=O) groups excluding carboxylic acids is 1. The SMILES string of the molecule is CCCSc1nnc(NC(=O)CN(c2cc(Cl)cc(Cl)c2)S(C)(=O)=O)s1. The lowest BCUT2D eigenvalue weighted by Crippen LogP contribution is -2.37. The van der Waals surface area contributed by atoms with Gasteiger partial charge < -0.3 is 0 Å². The molecule has 0 bridgehead atoms. The second kappa shape index (κ2) is 9.23. The van der Waals surface area contributed by atoms with Crippen LogP contribution in [-0.4, -0.2) is 43.1 Å². The van der Waals surface area contributed by atoms with E-state index in [0.29, 0.717) is 5.13 Å². The van der Waals surface area contributed by atoms with Gasteiger partial charge in [0.15, 0.2) is 4.34 Å². The molecule has 0 spiro atoms. The van der Waals surface area contributed by atoms with Crippen LogP contribution in [0.3, 0.4) is 0 Å². The first-order valence-electron chi connectivity index (χ1n) is 7.39. The molecule has 142 valence electrons. The van der Waals surface area contributed by atoms with E-state index in [1.54, 1.807) is 11.8 Å². The number of sulfonamides is 1. The zero-order valence-corrected chi connectivity index (χ0v) is 17.9. The molecule has 0 atom stereocenters. The first-order valence-corrected chi connectivity index (χ1v) is 11.8. The predicted octanol–water partition coefficient (Wildman–Crippen LogP) is 3.75. The van der Waals surface area contributed by atoms with Gasteiger partial charge in [0.1, 0.15) is 6.54 Å². The number of thioether (sulfide) groups is 1. The Kier molecular flexibility index (Phi) is 7.53. The highest BCUT2D eigenvalue weighted by Gasteiger charge is 2.22. The number of nitrogens with one attached hydrogen (secondary N) is 1. The zero-order valence-electron chi connectivity index (χ0n) is 13.9. The summed E-state index contributed by atoms with van der Waals surface area (Å²) in [4.78, 5) is 12.3. The average molecular weight is 455 g/mol. The molecule has 1 aromatic heterocycles. The van der Waals surface area contributed by atoms with E-state index in [4.69, 9.17) is 23.2 Å². The fourth-order valence-corrected chi connectivity index (χ4v) is 4.93. The largest absolute Gasteiger partial charge is 0.299 e. The van der Waals surface area contributed by atoms with E-state index < -0.39 is 22.5 Å². The van der Waals surface area contributed by atoms with Crippen LogP contribution in [0, 0.1) is 0 Å². The number of halogens is 2. The summed E-state index contributed by atoms with van der Waals surface area (Å²) in [7, 11) is -3.73. The third kappa shape index (κ3) is 6.27. The van der Waals surface area contributed by atoms with E-state index in [9.17, 15) is 13.2 Å². The van der Waals surface area contributed by atoms with E-state index in [-0.39, 0.29) is 15.7 Å². The molecule has 7 nitrogen and oxygen atoms in total. The topological polar surface area (TPSA) is 92.3 Å². The minimum absolute atomic E-state index is 0.205. The van der Waals surface area contributed by atoms with Crippen molar-refractivity contribution in [1.82, 2.24) is 10.2 Å². The molecule has 1 amide bonds. The summed E-state index contributed by atoms with van der Waals surface area (Å²) < 4.78 is 25.9. The van der Waals surface area contributed by atoms with Gasteiger partial charge in [0, 0.05) is 15.8 Å². The Morgan fingerprint density at radius 3 is 2.50 bits per heavy atom. The molecule has 0 aliphatic rings. The summed E-state index contributed by atoms with van der Waals surface area (Å²) in [6.07, 6.45) is 2.00. The van der Waals surface area contributed by atoms with Crippen LogP contribution in [-0.2, 0) is 14.8 Å². The maximum Gasteiger partial charge on any atom is 0.246 e. The molecule has 2 aromatic rings. The van der Waals surface area contributed by atoms with Crippen LogP contribution in [0.5, 0.6) is 0 Å². The van der Waals surface area contributed by atoms with Gasteiger partial charge in [-0.25, -0.2) is 8.42 Å². The number of rotatable bonds is 8. The highest BCUT2D eigenvalue weighted by molar-refractivity contribution is 8.01. The number of hydrogen-bond donors (Lipinski definition) is 1. The highest BCUT2D eigenvalue weighted by Crippen LogP contribution is 2.28. The second-order valence-electron chi connectivity index (χ2n) is 5.17. The van der Waals surface area contributed by atoms with Gasteiger partial charge in [-0.3, -0.25) is 14.4 Å². The Bertz CT molecular complexity index is 869. The van der Waals surface area contributed by atoms with Crippen molar-refractivity contribution in [3.05, 3.63) is 28.2 Å². The van der Waals surface area contributed by atoms with E-state index >= 15 is 0 Å². The van der Waals surface area contributed by atoms with Crippen molar-refractivity contribution < 1.29 is 13.2 Å². The second-order valence-corrected chi connectivity index (χ2v) is 10.3. The number of benzene rings is 1. The van der Waals surface area contributed by atoms with Crippen LogP contribution in [0.2, 0.25) is 10.0 Å². The smallest absolute Gasteiger partial charge is 0.246 e. The van der Waals surface area contributed by atoms with Crippen molar-refractivity contribution in [2.45, 2.75) is 17.7 Å². The van der Waals surface area contributed by atoms with Crippen LogP contribution in [0.15, 0.2) is 22.5 Å². The quantitative estimate of drug-likeness (QED) is 0.482. The van der Waals surface area contributed by atoms with Crippen molar-refractivity contribution in [1.29, 1.82) is 0 Å². The molecule has 1 N–H and O–H groups in total. The van der Waals surface area contributed by atoms with Gasteiger partial charge in [0.25, 0.3) is 0 Å². The molecular weight excluding hydrogens is 439 g/mol. The summed E-state index contributed by atoms with van der Waals surface area (Å²) in [5.41, 5.74) is 0.205. The number of anilines is 2. The Morgan fingerprint density at radius 2 is 1.92 bits per heavy atom. The van der Waals surface area contributed by atoms with Crippen LogP contribution in [0.25, 0.3) is 0 Å². The Hall–Kier alpha value is -1.07.